The molecule has 21 heavy (non-hydrogen) atoms. The van der Waals surface area contributed by atoms with Crippen molar-refractivity contribution in [3.05, 3.63) is 35.9 Å². The maximum atomic E-state index is 12.1. The zero-order valence-corrected chi connectivity index (χ0v) is 12.8. The van der Waals surface area contributed by atoms with Crippen LogP contribution in [0.3, 0.4) is 0 Å². The number of carboxylic acid groups (broad SMARTS) is 1. The van der Waals surface area contributed by atoms with E-state index in [0.717, 1.165) is 31.5 Å². The summed E-state index contributed by atoms with van der Waals surface area (Å²) in [7, 11) is 0. The normalized spacial score (nSPS) is 19.7. The predicted molar refractivity (Wildman–Crippen MR) is 84.3 cm³/mol. The molecule has 4 nitrogen and oxygen atoms in total. The quantitative estimate of drug-likeness (QED) is 0.845. The molecule has 1 aliphatic heterocycles. The van der Waals surface area contributed by atoms with Gasteiger partial charge in [-0.15, -0.1) is 0 Å². The van der Waals surface area contributed by atoms with Gasteiger partial charge in [0.1, 0.15) is 0 Å². The van der Waals surface area contributed by atoms with Crippen LogP contribution in [-0.2, 0) is 10.3 Å². The molecule has 0 amide bonds. The second-order valence-electron chi connectivity index (χ2n) is 5.80. The van der Waals surface area contributed by atoms with Crippen LogP contribution in [0.25, 0.3) is 0 Å². The number of hydrogen-bond donors (Lipinski definition) is 2. The molecule has 1 unspecified atom stereocenters. The summed E-state index contributed by atoms with van der Waals surface area (Å²) in [6, 6.07) is 9.57. The Hall–Kier alpha value is -1.39. The van der Waals surface area contributed by atoms with Crippen molar-refractivity contribution in [3.8, 4) is 0 Å². The van der Waals surface area contributed by atoms with Crippen LogP contribution >= 0.6 is 0 Å². The minimum Gasteiger partial charge on any atom is -0.480 e. The Bertz CT molecular complexity index is 441. The lowest BCUT2D eigenvalue weighted by Crippen LogP contribution is -2.56. The van der Waals surface area contributed by atoms with Crippen molar-refractivity contribution in [2.24, 2.45) is 0 Å². The highest BCUT2D eigenvalue weighted by Crippen LogP contribution is 2.24. The van der Waals surface area contributed by atoms with Crippen LogP contribution in [-0.4, -0.2) is 42.2 Å². The fourth-order valence-corrected chi connectivity index (χ4v) is 3.17. The number of likely N-dealkylation sites (N-methyl/N-ethyl adjacent to an activating group) is 1. The molecule has 0 spiro atoms. The molecule has 1 atom stereocenters. The molecule has 1 aliphatic rings. The predicted octanol–water partition coefficient (Wildman–Crippen LogP) is 2.45. The highest BCUT2D eigenvalue weighted by molar-refractivity contribution is 5.81. The maximum absolute atomic E-state index is 12.1. The van der Waals surface area contributed by atoms with Gasteiger partial charge in [-0.3, -0.25) is 5.32 Å². The van der Waals surface area contributed by atoms with Crippen molar-refractivity contribution < 1.29 is 9.90 Å². The number of hydrogen-bond acceptors (Lipinski definition) is 3. The van der Waals surface area contributed by atoms with E-state index in [-0.39, 0.29) is 0 Å². The number of rotatable bonds is 6. The van der Waals surface area contributed by atoms with Crippen molar-refractivity contribution in [2.75, 3.05) is 26.2 Å². The van der Waals surface area contributed by atoms with E-state index in [1.807, 2.05) is 37.3 Å². The smallest absolute Gasteiger partial charge is 0.329 e. The molecule has 0 saturated carbocycles. The maximum Gasteiger partial charge on any atom is 0.329 e. The summed E-state index contributed by atoms with van der Waals surface area (Å²) in [5.41, 5.74) is -0.177. The van der Waals surface area contributed by atoms with Gasteiger partial charge < -0.3 is 10.0 Å². The molecule has 1 aromatic rings. The summed E-state index contributed by atoms with van der Waals surface area (Å²) in [6.45, 7) is 5.11. The van der Waals surface area contributed by atoms with Crippen molar-refractivity contribution in [3.63, 3.8) is 0 Å². The number of nitrogens with zero attached hydrogens (tertiary/aromatic N) is 1. The number of likely N-dealkylation sites (tertiary alicyclic amines) is 1. The Balaban J connectivity index is 2.28. The van der Waals surface area contributed by atoms with Gasteiger partial charge in [0.15, 0.2) is 5.54 Å². The lowest BCUT2D eigenvalue weighted by Gasteiger charge is -2.36. The first-order valence-electron chi connectivity index (χ1n) is 7.95. The zero-order valence-electron chi connectivity index (χ0n) is 12.8. The molecule has 1 saturated heterocycles. The molecule has 1 fully saturated rings. The number of benzene rings is 1. The van der Waals surface area contributed by atoms with Crippen LogP contribution in [0.4, 0.5) is 0 Å². The minimum absolute atomic E-state index is 0.528. The number of aliphatic carboxylic acids is 1. The Morgan fingerprint density at radius 2 is 1.81 bits per heavy atom. The van der Waals surface area contributed by atoms with Gasteiger partial charge in [0, 0.05) is 6.54 Å². The summed E-state index contributed by atoms with van der Waals surface area (Å²) >= 11 is 0. The molecule has 0 aromatic heterocycles. The molecule has 0 radical (unpaired) electrons. The second kappa shape index (κ2) is 7.57. The second-order valence-corrected chi connectivity index (χ2v) is 5.80. The molecule has 0 aliphatic carbocycles. The number of carbonyl (C=O) groups is 1. The standard InChI is InChI=1S/C17H26N2O2/c1-2-18-17(16(20)21,15-10-6-5-7-11-15)14-19-12-8-3-4-9-13-19/h5-7,10-11,18H,2-4,8-9,12-14H2,1H3,(H,20,21). The van der Waals surface area contributed by atoms with Crippen LogP contribution in [0, 0.1) is 0 Å². The third-order valence-electron chi connectivity index (χ3n) is 4.27. The van der Waals surface area contributed by atoms with Gasteiger partial charge in [0.2, 0.25) is 0 Å². The largest absolute Gasteiger partial charge is 0.480 e. The molecule has 1 aromatic carbocycles. The lowest BCUT2D eigenvalue weighted by molar-refractivity contribution is -0.146. The van der Waals surface area contributed by atoms with E-state index in [9.17, 15) is 9.90 Å². The van der Waals surface area contributed by atoms with Crippen LogP contribution in [0.1, 0.15) is 38.2 Å². The summed E-state index contributed by atoms with van der Waals surface area (Å²) in [6.07, 6.45) is 4.83. The number of carboxylic acids is 1. The van der Waals surface area contributed by atoms with Gasteiger partial charge in [0.05, 0.1) is 0 Å². The van der Waals surface area contributed by atoms with E-state index >= 15 is 0 Å². The molecular formula is C17H26N2O2. The van der Waals surface area contributed by atoms with E-state index in [2.05, 4.69) is 10.2 Å². The van der Waals surface area contributed by atoms with Gasteiger partial charge in [0.25, 0.3) is 0 Å². The van der Waals surface area contributed by atoms with Crippen molar-refractivity contribution in [1.29, 1.82) is 0 Å². The van der Waals surface area contributed by atoms with Crippen LogP contribution in [0.15, 0.2) is 30.3 Å². The third kappa shape index (κ3) is 3.83. The van der Waals surface area contributed by atoms with E-state index in [0.29, 0.717) is 13.1 Å². The topological polar surface area (TPSA) is 52.6 Å². The van der Waals surface area contributed by atoms with Crippen molar-refractivity contribution in [1.82, 2.24) is 10.2 Å². The fourth-order valence-electron chi connectivity index (χ4n) is 3.17. The number of nitrogens with one attached hydrogen (secondary N) is 1. The molecule has 2 N–H and O–H groups in total. The van der Waals surface area contributed by atoms with Gasteiger partial charge >= 0.3 is 5.97 Å². The van der Waals surface area contributed by atoms with Gasteiger partial charge in [-0.2, -0.15) is 0 Å². The summed E-state index contributed by atoms with van der Waals surface area (Å²) < 4.78 is 0. The highest BCUT2D eigenvalue weighted by atomic mass is 16.4. The average molecular weight is 290 g/mol. The van der Waals surface area contributed by atoms with Crippen LogP contribution in [0.5, 0.6) is 0 Å². The van der Waals surface area contributed by atoms with Gasteiger partial charge in [-0.1, -0.05) is 50.1 Å². The molecule has 2 rings (SSSR count). The average Bonchev–Trinajstić information content (AvgIpc) is 2.76. The first kappa shape index (κ1) is 16.0. The summed E-state index contributed by atoms with van der Waals surface area (Å²) in [5.74, 6) is -0.792. The van der Waals surface area contributed by atoms with Crippen molar-refractivity contribution >= 4 is 5.97 Å². The van der Waals surface area contributed by atoms with Gasteiger partial charge in [-0.05, 0) is 38.0 Å². The fraction of sp³-hybridized carbons (Fsp3) is 0.588. The van der Waals surface area contributed by atoms with E-state index in [1.54, 1.807) is 0 Å². The lowest BCUT2D eigenvalue weighted by atomic mass is 9.89. The van der Waals surface area contributed by atoms with E-state index in [4.69, 9.17) is 0 Å². The third-order valence-corrected chi connectivity index (χ3v) is 4.27. The molecule has 1 heterocycles. The minimum atomic E-state index is -1.01. The summed E-state index contributed by atoms with van der Waals surface area (Å²) in [5, 5.41) is 13.2. The molecule has 4 heteroatoms. The summed E-state index contributed by atoms with van der Waals surface area (Å²) in [4.78, 5) is 14.4. The van der Waals surface area contributed by atoms with E-state index in [1.165, 1.54) is 12.8 Å². The highest BCUT2D eigenvalue weighted by Gasteiger charge is 2.41. The Morgan fingerprint density at radius 1 is 1.19 bits per heavy atom. The van der Waals surface area contributed by atoms with Crippen LogP contribution in [0.2, 0.25) is 0 Å². The molecule has 0 bridgehead atoms. The molecule has 116 valence electrons. The monoisotopic (exact) mass is 290 g/mol. The Kier molecular flexibility index (Phi) is 5.76. The first-order chi connectivity index (χ1) is 10.2. The van der Waals surface area contributed by atoms with Crippen LogP contribution < -0.4 is 5.32 Å². The SMILES string of the molecule is CCNC(CN1CCCCCC1)(C(=O)O)c1ccccc1. The van der Waals surface area contributed by atoms with Gasteiger partial charge in [-0.25, -0.2) is 4.79 Å². The Labute approximate surface area is 127 Å². The van der Waals surface area contributed by atoms with E-state index < -0.39 is 11.5 Å². The molecular weight excluding hydrogens is 264 g/mol. The van der Waals surface area contributed by atoms with Crippen molar-refractivity contribution in [2.45, 2.75) is 38.1 Å². The zero-order chi connectivity index (χ0) is 15.1. The first-order valence-corrected chi connectivity index (χ1v) is 7.95. The Morgan fingerprint density at radius 3 is 2.33 bits per heavy atom.